The molecule has 1 aromatic carbocycles. The second kappa shape index (κ2) is 8.11. The van der Waals surface area contributed by atoms with E-state index in [4.69, 9.17) is 15.8 Å². The van der Waals surface area contributed by atoms with Crippen LogP contribution in [0, 0.1) is 0 Å². The third-order valence-corrected chi connectivity index (χ3v) is 3.84. The molecule has 0 bridgehead atoms. The molecule has 0 aliphatic heterocycles. The fourth-order valence-electron chi connectivity index (χ4n) is 1.54. The van der Waals surface area contributed by atoms with Crippen molar-refractivity contribution in [1.82, 2.24) is 0 Å². The molecule has 2 nitrogen and oxygen atoms in total. The van der Waals surface area contributed by atoms with E-state index in [1.165, 1.54) is 10.8 Å². The first-order chi connectivity index (χ1) is 8.65. The predicted molar refractivity (Wildman–Crippen MR) is 76.4 cm³/mol. The van der Waals surface area contributed by atoms with E-state index in [0.717, 1.165) is 19.3 Å². The van der Waals surface area contributed by atoms with Crippen LogP contribution in [0.1, 0.15) is 25.3 Å². The molecule has 0 unspecified atom stereocenters. The van der Waals surface area contributed by atoms with Gasteiger partial charge in [0.15, 0.2) is 0 Å². The summed E-state index contributed by atoms with van der Waals surface area (Å²) in [6.07, 6.45) is 2.82. The standard InChI is InChI=1S/C14H17ClO2Si/c1-11(2)14(16)17-10-6-5-8-12-7-3-4-9-13(12)18-15/h3-4,7,9H,1,5-6,8,10H2,2H3. The first-order valence-electron chi connectivity index (χ1n) is 5.92. The van der Waals surface area contributed by atoms with Gasteiger partial charge in [-0.25, -0.2) is 4.79 Å². The van der Waals surface area contributed by atoms with Crippen LogP contribution in [-0.2, 0) is 16.0 Å². The maximum absolute atomic E-state index is 11.1. The number of carbonyl (C=O) groups is 1. The first-order valence-corrected chi connectivity index (χ1v) is 7.93. The third-order valence-electron chi connectivity index (χ3n) is 2.54. The van der Waals surface area contributed by atoms with Crippen LogP contribution >= 0.6 is 11.1 Å². The third kappa shape index (κ3) is 5.06. The zero-order chi connectivity index (χ0) is 13.4. The van der Waals surface area contributed by atoms with Gasteiger partial charge in [0, 0.05) is 5.57 Å². The quantitative estimate of drug-likeness (QED) is 0.252. The molecule has 0 spiro atoms. The average molecular weight is 281 g/mol. The van der Waals surface area contributed by atoms with Crippen molar-refractivity contribution in [2.75, 3.05) is 6.61 Å². The number of rotatable bonds is 7. The van der Waals surface area contributed by atoms with Crippen LogP contribution in [0.2, 0.25) is 0 Å². The van der Waals surface area contributed by atoms with Gasteiger partial charge in [0.1, 0.15) is 0 Å². The zero-order valence-electron chi connectivity index (χ0n) is 10.5. The molecule has 96 valence electrons. The van der Waals surface area contributed by atoms with Gasteiger partial charge in [-0.2, -0.15) is 11.1 Å². The van der Waals surface area contributed by atoms with Gasteiger partial charge < -0.3 is 4.74 Å². The van der Waals surface area contributed by atoms with Crippen molar-refractivity contribution < 1.29 is 9.53 Å². The summed E-state index contributed by atoms with van der Waals surface area (Å²) in [6, 6.07) is 8.19. The lowest BCUT2D eigenvalue weighted by Gasteiger charge is -2.07. The number of ether oxygens (including phenoxy) is 1. The molecule has 0 heterocycles. The van der Waals surface area contributed by atoms with Crippen molar-refractivity contribution in [3.8, 4) is 0 Å². The Labute approximate surface area is 116 Å². The molecular formula is C14H17ClO2Si. The van der Waals surface area contributed by atoms with Crippen LogP contribution in [0.15, 0.2) is 36.4 Å². The summed E-state index contributed by atoms with van der Waals surface area (Å²) in [5.41, 5.74) is 1.74. The number of carbonyl (C=O) groups excluding carboxylic acids is 1. The molecule has 0 N–H and O–H groups in total. The molecule has 0 aromatic heterocycles. The lowest BCUT2D eigenvalue weighted by atomic mass is 10.1. The minimum atomic E-state index is -0.308. The summed E-state index contributed by atoms with van der Waals surface area (Å²) in [7, 11) is 0.309. The monoisotopic (exact) mass is 280 g/mol. The Balaban J connectivity index is 2.26. The summed E-state index contributed by atoms with van der Waals surface area (Å²) in [4.78, 5) is 11.1. The van der Waals surface area contributed by atoms with E-state index >= 15 is 0 Å². The van der Waals surface area contributed by atoms with Crippen molar-refractivity contribution in [2.45, 2.75) is 26.2 Å². The van der Waals surface area contributed by atoms with Crippen LogP contribution in [0.4, 0.5) is 0 Å². The Morgan fingerprint density at radius 2 is 2.11 bits per heavy atom. The topological polar surface area (TPSA) is 26.3 Å². The van der Waals surface area contributed by atoms with E-state index in [1.807, 2.05) is 12.1 Å². The molecule has 0 fully saturated rings. The highest BCUT2D eigenvalue weighted by Gasteiger charge is 2.04. The Bertz CT molecular complexity index is 418. The highest BCUT2D eigenvalue weighted by atomic mass is 35.6. The highest BCUT2D eigenvalue weighted by molar-refractivity contribution is 7.01. The van der Waals surface area contributed by atoms with Crippen LogP contribution in [0.3, 0.4) is 0 Å². The molecule has 2 radical (unpaired) electrons. The number of unbranched alkanes of at least 4 members (excludes halogenated alkanes) is 1. The van der Waals surface area contributed by atoms with E-state index in [2.05, 4.69) is 18.7 Å². The van der Waals surface area contributed by atoms with Crippen molar-refractivity contribution in [3.05, 3.63) is 42.0 Å². The van der Waals surface area contributed by atoms with Gasteiger partial charge in [0.05, 0.1) is 6.61 Å². The van der Waals surface area contributed by atoms with E-state index in [0.29, 0.717) is 21.0 Å². The molecule has 4 heteroatoms. The normalized spacial score (nSPS) is 10.1. The van der Waals surface area contributed by atoms with E-state index < -0.39 is 0 Å². The minimum Gasteiger partial charge on any atom is -0.462 e. The number of halogens is 1. The van der Waals surface area contributed by atoms with Gasteiger partial charge in [-0.3, -0.25) is 0 Å². The minimum absolute atomic E-state index is 0.308. The smallest absolute Gasteiger partial charge is 0.333 e. The predicted octanol–water partition coefficient (Wildman–Crippen LogP) is 2.61. The Hall–Kier alpha value is -1.06. The summed E-state index contributed by atoms with van der Waals surface area (Å²) in [6.45, 7) is 5.64. The maximum Gasteiger partial charge on any atom is 0.333 e. The molecule has 1 rings (SSSR count). The molecule has 18 heavy (non-hydrogen) atoms. The van der Waals surface area contributed by atoms with Gasteiger partial charge in [0.2, 0.25) is 8.83 Å². The number of esters is 1. The molecule has 0 saturated heterocycles. The lowest BCUT2D eigenvalue weighted by molar-refractivity contribution is -0.139. The summed E-state index contributed by atoms with van der Waals surface area (Å²) in [5, 5.41) is 1.21. The Morgan fingerprint density at radius 3 is 2.78 bits per heavy atom. The van der Waals surface area contributed by atoms with E-state index in [1.54, 1.807) is 6.92 Å². The molecule has 0 aliphatic rings. The second-order valence-corrected chi connectivity index (χ2v) is 5.42. The Morgan fingerprint density at radius 1 is 1.39 bits per heavy atom. The fourth-order valence-corrected chi connectivity index (χ4v) is 2.58. The van der Waals surface area contributed by atoms with Gasteiger partial charge in [0.25, 0.3) is 0 Å². The van der Waals surface area contributed by atoms with Gasteiger partial charge >= 0.3 is 5.97 Å². The lowest BCUT2D eigenvalue weighted by Crippen LogP contribution is -2.15. The van der Waals surface area contributed by atoms with Gasteiger partial charge in [-0.05, 0) is 36.9 Å². The zero-order valence-corrected chi connectivity index (χ0v) is 12.3. The van der Waals surface area contributed by atoms with Crippen LogP contribution < -0.4 is 5.19 Å². The molecule has 0 atom stereocenters. The van der Waals surface area contributed by atoms with Crippen LogP contribution in [0.5, 0.6) is 0 Å². The number of benzene rings is 1. The Kier molecular flexibility index (Phi) is 6.76. The molecule has 0 amide bonds. The van der Waals surface area contributed by atoms with Crippen LogP contribution in [-0.4, -0.2) is 21.4 Å². The van der Waals surface area contributed by atoms with Gasteiger partial charge in [-0.1, -0.05) is 30.8 Å². The molecule has 1 aromatic rings. The number of aryl methyl sites for hydroxylation is 1. The highest BCUT2D eigenvalue weighted by Crippen LogP contribution is 2.04. The second-order valence-electron chi connectivity index (χ2n) is 4.12. The first kappa shape index (κ1) is 15.0. The SMILES string of the molecule is C=C(C)C(=O)OCCCCc1ccccc1[Si]Cl. The number of hydrogen-bond acceptors (Lipinski definition) is 2. The maximum atomic E-state index is 11.1. The van der Waals surface area contributed by atoms with E-state index in [9.17, 15) is 4.79 Å². The molecule has 0 saturated carbocycles. The molecular weight excluding hydrogens is 264 g/mol. The average Bonchev–Trinajstić information content (AvgIpc) is 2.38. The van der Waals surface area contributed by atoms with Crippen molar-refractivity contribution in [1.29, 1.82) is 0 Å². The summed E-state index contributed by atoms with van der Waals surface area (Å²) >= 11 is 5.90. The molecule has 0 aliphatic carbocycles. The summed E-state index contributed by atoms with van der Waals surface area (Å²) in [5.74, 6) is -0.308. The summed E-state index contributed by atoms with van der Waals surface area (Å²) < 4.78 is 5.04. The van der Waals surface area contributed by atoms with Crippen molar-refractivity contribution >= 4 is 31.1 Å². The van der Waals surface area contributed by atoms with Crippen molar-refractivity contribution in [2.24, 2.45) is 0 Å². The van der Waals surface area contributed by atoms with Gasteiger partial charge in [-0.15, -0.1) is 0 Å². The number of hydrogen-bond donors (Lipinski definition) is 0. The van der Waals surface area contributed by atoms with Crippen molar-refractivity contribution in [3.63, 3.8) is 0 Å². The van der Waals surface area contributed by atoms with Crippen LogP contribution in [0.25, 0.3) is 0 Å². The van der Waals surface area contributed by atoms with E-state index in [-0.39, 0.29) is 5.97 Å². The largest absolute Gasteiger partial charge is 0.462 e. The fraction of sp³-hybridized carbons (Fsp3) is 0.357.